The predicted octanol–water partition coefficient (Wildman–Crippen LogP) is 5.43. The van der Waals surface area contributed by atoms with Crippen molar-refractivity contribution in [3.8, 4) is 0 Å². The van der Waals surface area contributed by atoms with E-state index in [1.165, 1.54) is 24.8 Å². The summed E-state index contributed by atoms with van der Waals surface area (Å²) in [6.07, 6.45) is 12.0. The molecule has 0 bridgehead atoms. The van der Waals surface area contributed by atoms with Gasteiger partial charge in [-0.15, -0.1) is 0 Å². The minimum absolute atomic E-state index is 0.366. The second-order valence-corrected chi connectivity index (χ2v) is 5.62. The van der Waals surface area contributed by atoms with Gasteiger partial charge >= 0.3 is 0 Å². The topological polar surface area (TPSA) is 0 Å². The molecule has 1 aliphatic carbocycles. The van der Waals surface area contributed by atoms with Gasteiger partial charge in [0.05, 0.1) is 0 Å². The summed E-state index contributed by atoms with van der Waals surface area (Å²) >= 11 is 0. The van der Waals surface area contributed by atoms with Crippen LogP contribution in [0.15, 0.2) is 34.9 Å². The molecule has 0 saturated carbocycles. The highest BCUT2D eigenvalue weighted by molar-refractivity contribution is 5.35. The van der Waals surface area contributed by atoms with Crippen molar-refractivity contribution in [2.24, 2.45) is 5.41 Å². The molecule has 0 unspecified atom stereocenters. The lowest BCUT2D eigenvalue weighted by atomic mass is 9.72. The van der Waals surface area contributed by atoms with Crippen LogP contribution < -0.4 is 0 Å². The maximum Gasteiger partial charge on any atom is -0.0104 e. The van der Waals surface area contributed by atoms with Crippen molar-refractivity contribution >= 4 is 0 Å². The third-order valence-corrected chi connectivity index (χ3v) is 3.58. The van der Waals surface area contributed by atoms with Gasteiger partial charge in [0.25, 0.3) is 0 Å². The van der Waals surface area contributed by atoms with Crippen LogP contribution in [0.3, 0.4) is 0 Å². The molecule has 1 rings (SSSR count). The molecule has 0 atom stereocenters. The van der Waals surface area contributed by atoms with E-state index in [0.29, 0.717) is 5.41 Å². The molecule has 0 aromatic carbocycles. The lowest BCUT2D eigenvalue weighted by Crippen LogP contribution is -2.19. The van der Waals surface area contributed by atoms with Gasteiger partial charge in [0.15, 0.2) is 0 Å². The highest BCUT2D eigenvalue weighted by atomic mass is 14.3. The van der Waals surface area contributed by atoms with Gasteiger partial charge in [0, 0.05) is 0 Å². The van der Waals surface area contributed by atoms with Crippen LogP contribution in [0.1, 0.15) is 60.3 Å². The zero-order chi connectivity index (χ0) is 12.2. The third kappa shape index (κ3) is 3.37. The molecular formula is C16H26. The molecule has 90 valence electrons. The average Bonchev–Trinajstić information content (AvgIpc) is 2.16. The molecular weight excluding hydrogens is 192 g/mol. The molecule has 0 aromatic heterocycles. The molecule has 0 aromatic rings. The van der Waals surface area contributed by atoms with Gasteiger partial charge in [-0.1, -0.05) is 50.1 Å². The largest absolute Gasteiger partial charge is 0.0819 e. The Balaban J connectivity index is 2.89. The van der Waals surface area contributed by atoms with E-state index in [9.17, 15) is 0 Å². The minimum Gasteiger partial charge on any atom is -0.0819 e. The summed E-state index contributed by atoms with van der Waals surface area (Å²) < 4.78 is 0. The number of hydrogen-bond donors (Lipinski definition) is 0. The van der Waals surface area contributed by atoms with Crippen LogP contribution in [-0.4, -0.2) is 0 Å². The van der Waals surface area contributed by atoms with Crippen LogP contribution >= 0.6 is 0 Å². The van der Waals surface area contributed by atoms with Crippen LogP contribution in [0.2, 0.25) is 0 Å². The first-order chi connectivity index (χ1) is 7.47. The Hall–Kier alpha value is -0.780. The van der Waals surface area contributed by atoms with Gasteiger partial charge in [-0.25, -0.2) is 0 Å². The summed E-state index contributed by atoms with van der Waals surface area (Å²) in [5.41, 5.74) is 4.88. The standard InChI is InChI=1S/C16H26/c1-6-8-13(2)10-11-15-14(3)9-7-12-16(15,4)5/h8,10-11H,6-7,9,12H2,1-5H3. The van der Waals surface area contributed by atoms with Crippen molar-refractivity contribution in [2.75, 3.05) is 0 Å². The number of allylic oxidation sites excluding steroid dienone is 6. The molecule has 1 aliphatic rings. The van der Waals surface area contributed by atoms with E-state index in [4.69, 9.17) is 0 Å². The quantitative estimate of drug-likeness (QED) is 0.554. The maximum atomic E-state index is 2.37. The zero-order valence-corrected chi connectivity index (χ0v) is 11.6. The van der Waals surface area contributed by atoms with E-state index in [-0.39, 0.29) is 0 Å². The lowest BCUT2D eigenvalue weighted by molar-refractivity contribution is 0.377. The molecule has 16 heavy (non-hydrogen) atoms. The highest BCUT2D eigenvalue weighted by Crippen LogP contribution is 2.40. The predicted molar refractivity (Wildman–Crippen MR) is 73.5 cm³/mol. The first kappa shape index (κ1) is 13.3. The summed E-state index contributed by atoms with van der Waals surface area (Å²) in [5.74, 6) is 0. The summed E-state index contributed by atoms with van der Waals surface area (Å²) in [7, 11) is 0. The van der Waals surface area contributed by atoms with Crippen LogP contribution in [0.5, 0.6) is 0 Å². The Kier molecular flexibility index (Phi) is 4.58. The van der Waals surface area contributed by atoms with Crippen LogP contribution in [-0.2, 0) is 0 Å². The van der Waals surface area contributed by atoms with E-state index in [1.54, 1.807) is 11.1 Å². The van der Waals surface area contributed by atoms with Crippen molar-refractivity contribution < 1.29 is 0 Å². The van der Waals surface area contributed by atoms with Crippen molar-refractivity contribution in [1.82, 2.24) is 0 Å². The second kappa shape index (κ2) is 5.52. The van der Waals surface area contributed by atoms with Gasteiger partial charge in [0.2, 0.25) is 0 Å². The van der Waals surface area contributed by atoms with E-state index in [2.05, 4.69) is 52.8 Å². The van der Waals surface area contributed by atoms with Crippen molar-refractivity contribution in [1.29, 1.82) is 0 Å². The smallest absolute Gasteiger partial charge is 0.0104 e. The van der Waals surface area contributed by atoms with Gasteiger partial charge in [-0.05, 0) is 50.5 Å². The Morgan fingerprint density at radius 2 is 2.06 bits per heavy atom. The molecule has 0 radical (unpaired) electrons. The molecule has 0 heteroatoms. The molecule has 0 heterocycles. The minimum atomic E-state index is 0.366. The number of hydrogen-bond acceptors (Lipinski definition) is 0. The lowest BCUT2D eigenvalue weighted by Gasteiger charge is -2.32. The average molecular weight is 218 g/mol. The molecule has 0 fully saturated rings. The number of rotatable bonds is 3. The van der Waals surface area contributed by atoms with Crippen molar-refractivity contribution in [2.45, 2.75) is 60.3 Å². The Labute approximate surface area is 101 Å². The second-order valence-electron chi connectivity index (χ2n) is 5.62. The van der Waals surface area contributed by atoms with E-state index < -0.39 is 0 Å². The summed E-state index contributed by atoms with van der Waals surface area (Å²) in [6, 6.07) is 0. The molecule has 0 saturated heterocycles. The van der Waals surface area contributed by atoms with Gasteiger partial charge in [-0.2, -0.15) is 0 Å². The highest BCUT2D eigenvalue weighted by Gasteiger charge is 2.26. The zero-order valence-electron chi connectivity index (χ0n) is 11.6. The summed E-state index contributed by atoms with van der Waals surface area (Å²) in [4.78, 5) is 0. The van der Waals surface area contributed by atoms with E-state index in [1.807, 2.05) is 0 Å². The van der Waals surface area contributed by atoms with E-state index in [0.717, 1.165) is 6.42 Å². The fourth-order valence-electron chi connectivity index (χ4n) is 2.62. The Morgan fingerprint density at radius 1 is 1.38 bits per heavy atom. The van der Waals surface area contributed by atoms with Gasteiger partial charge in [0.1, 0.15) is 0 Å². The third-order valence-electron chi connectivity index (χ3n) is 3.58. The van der Waals surface area contributed by atoms with Gasteiger partial charge in [-0.3, -0.25) is 0 Å². The van der Waals surface area contributed by atoms with Crippen LogP contribution in [0.4, 0.5) is 0 Å². The molecule has 0 amide bonds. The monoisotopic (exact) mass is 218 g/mol. The molecule has 0 aliphatic heterocycles. The normalized spacial score (nSPS) is 21.9. The summed E-state index contributed by atoms with van der Waals surface area (Å²) in [5, 5.41) is 0. The fourth-order valence-corrected chi connectivity index (χ4v) is 2.62. The molecule has 0 nitrogen and oxygen atoms in total. The van der Waals surface area contributed by atoms with Crippen molar-refractivity contribution in [3.05, 3.63) is 34.9 Å². The SMILES string of the molecule is CCC=C(C)C=CC1=C(C)CCCC1(C)C. The first-order valence-corrected chi connectivity index (χ1v) is 6.52. The van der Waals surface area contributed by atoms with Gasteiger partial charge < -0.3 is 0 Å². The molecule has 0 N–H and O–H groups in total. The maximum absolute atomic E-state index is 2.37. The fraction of sp³-hybridized carbons (Fsp3) is 0.625. The van der Waals surface area contributed by atoms with Crippen molar-refractivity contribution in [3.63, 3.8) is 0 Å². The Bertz CT molecular complexity index is 324. The van der Waals surface area contributed by atoms with Crippen LogP contribution in [0.25, 0.3) is 0 Å². The first-order valence-electron chi connectivity index (χ1n) is 6.52. The van der Waals surface area contributed by atoms with Crippen LogP contribution in [0, 0.1) is 5.41 Å². The van der Waals surface area contributed by atoms with E-state index >= 15 is 0 Å². The Morgan fingerprint density at radius 3 is 2.62 bits per heavy atom. The summed E-state index contributed by atoms with van der Waals surface area (Å²) in [6.45, 7) is 11.4. The molecule has 0 spiro atoms.